The Bertz CT molecular complexity index is 454. The topological polar surface area (TPSA) is 60.8 Å². The minimum absolute atomic E-state index is 0.141. The first-order valence-corrected chi connectivity index (χ1v) is 5.68. The summed E-state index contributed by atoms with van der Waals surface area (Å²) >= 11 is 0. The van der Waals surface area contributed by atoms with Crippen LogP contribution in [0.5, 0.6) is 0 Å². The molecule has 0 aliphatic rings. The van der Waals surface area contributed by atoms with Crippen LogP contribution < -0.4 is 0 Å². The molecule has 1 unspecified atom stereocenters. The molecule has 0 aliphatic carbocycles. The fraction of sp³-hybridized carbons (Fsp3) is 0.357. The molecular formula is C14H17NO3. The minimum atomic E-state index is -0.548. The van der Waals surface area contributed by atoms with Gasteiger partial charge in [0.25, 0.3) is 5.91 Å². The maximum absolute atomic E-state index is 11.9. The number of nitrogens with zero attached hydrogens (tertiary/aromatic N) is 1. The molecule has 18 heavy (non-hydrogen) atoms. The summed E-state index contributed by atoms with van der Waals surface area (Å²) in [5.41, 5.74) is 1.30. The van der Waals surface area contributed by atoms with Gasteiger partial charge in [-0.25, -0.2) is 0 Å². The number of likely N-dealkylation sites (N-methyl/N-ethyl adjacent to an activating group) is 1. The van der Waals surface area contributed by atoms with Crippen LogP contribution in [-0.4, -0.2) is 47.3 Å². The number of aliphatic hydroxyl groups excluding tert-OH is 2. The van der Waals surface area contributed by atoms with Crippen LogP contribution in [0.25, 0.3) is 0 Å². The number of rotatable bonds is 3. The average molecular weight is 247 g/mol. The molecule has 1 atom stereocenters. The number of carbonyl (C=O) groups is 1. The maximum atomic E-state index is 11.9. The summed E-state index contributed by atoms with van der Waals surface area (Å²) in [5, 5.41) is 17.8. The van der Waals surface area contributed by atoms with Crippen LogP contribution in [0.1, 0.15) is 22.8 Å². The molecule has 0 heterocycles. The predicted molar refractivity (Wildman–Crippen MR) is 69.0 cm³/mol. The van der Waals surface area contributed by atoms with Crippen molar-refractivity contribution in [1.29, 1.82) is 0 Å². The maximum Gasteiger partial charge on any atom is 0.253 e. The standard InChI is InChI=1S/C14H17NO3/c1-11(17)10-15(2)14(18)13-7-5-12(6-8-13)4-3-9-16/h5-8,11,16-17H,9-10H2,1-2H3. The lowest BCUT2D eigenvalue weighted by Crippen LogP contribution is -2.32. The molecule has 0 aliphatic heterocycles. The SMILES string of the molecule is CC(O)CN(C)C(=O)c1ccc(C#CCO)cc1. The van der Waals surface area contributed by atoms with E-state index in [-0.39, 0.29) is 12.5 Å². The molecule has 1 aromatic rings. The predicted octanol–water partition coefficient (Wildman–Crippen LogP) is 0.483. The quantitative estimate of drug-likeness (QED) is 0.764. The number of aliphatic hydroxyl groups is 2. The van der Waals surface area contributed by atoms with Gasteiger partial charge in [0, 0.05) is 24.7 Å². The van der Waals surface area contributed by atoms with E-state index in [1.165, 1.54) is 4.90 Å². The Morgan fingerprint density at radius 1 is 1.39 bits per heavy atom. The fourth-order valence-corrected chi connectivity index (χ4v) is 1.54. The Hall–Kier alpha value is -1.83. The van der Waals surface area contributed by atoms with Gasteiger partial charge in [0.05, 0.1) is 6.10 Å². The van der Waals surface area contributed by atoms with Gasteiger partial charge in [-0.05, 0) is 31.2 Å². The number of benzene rings is 1. The molecule has 1 aromatic carbocycles. The molecule has 0 aromatic heterocycles. The largest absolute Gasteiger partial charge is 0.392 e. The van der Waals surface area contributed by atoms with Crippen LogP contribution in [-0.2, 0) is 0 Å². The van der Waals surface area contributed by atoms with Gasteiger partial charge in [-0.15, -0.1) is 0 Å². The van der Waals surface area contributed by atoms with Crippen LogP contribution in [0, 0.1) is 11.8 Å². The summed E-state index contributed by atoms with van der Waals surface area (Å²) in [4.78, 5) is 13.4. The van der Waals surface area contributed by atoms with Crippen LogP contribution in [0.15, 0.2) is 24.3 Å². The molecule has 96 valence electrons. The summed E-state index contributed by atoms with van der Waals surface area (Å²) < 4.78 is 0. The first-order valence-electron chi connectivity index (χ1n) is 5.68. The Morgan fingerprint density at radius 2 is 2.00 bits per heavy atom. The van der Waals surface area contributed by atoms with Crippen molar-refractivity contribution >= 4 is 5.91 Å². The van der Waals surface area contributed by atoms with Gasteiger partial charge >= 0.3 is 0 Å². The van der Waals surface area contributed by atoms with Crippen molar-refractivity contribution in [3.05, 3.63) is 35.4 Å². The number of carbonyl (C=O) groups excluding carboxylic acids is 1. The molecule has 0 saturated carbocycles. The van der Waals surface area contributed by atoms with Crippen LogP contribution in [0.2, 0.25) is 0 Å². The fourth-order valence-electron chi connectivity index (χ4n) is 1.54. The molecule has 0 bridgehead atoms. The Morgan fingerprint density at radius 3 is 2.50 bits per heavy atom. The molecule has 2 N–H and O–H groups in total. The van der Waals surface area contributed by atoms with Gasteiger partial charge in [0.1, 0.15) is 6.61 Å². The number of hydrogen-bond donors (Lipinski definition) is 2. The highest BCUT2D eigenvalue weighted by Crippen LogP contribution is 2.06. The van der Waals surface area contributed by atoms with E-state index >= 15 is 0 Å². The lowest BCUT2D eigenvalue weighted by Gasteiger charge is -2.18. The van der Waals surface area contributed by atoms with Crippen molar-refractivity contribution in [3.63, 3.8) is 0 Å². The highest BCUT2D eigenvalue weighted by atomic mass is 16.3. The van der Waals surface area contributed by atoms with Crippen molar-refractivity contribution in [2.24, 2.45) is 0 Å². The van der Waals surface area contributed by atoms with Crippen molar-refractivity contribution in [2.75, 3.05) is 20.2 Å². The normalized spacial score (nSPS) is 11.3. The first-order chi connectivity index (χ1) is 8.54. The molecule has 0 spiro atoms. The minimum Gasteiger partial charge on any atom is -0.392 e. The molecule has 1 amide bonds. The van der Waals surface area contributed by atoms with Gasteiger partial charge in [0.15, 0.2) is 0 Å². The van der Waals surface area contributed by atoms with Gasteiger partial charge in [-0.2, -0.15) is 0 Å². The van der Waals surface area contributed by atoms with E-state index in [0.29, 0.717) is 12.1 Å². The molecule has 0 saturated heterocycles. The smallest absolute Gasteiger partial charge is 0.253 e. The van der Waals surface area contributed by atoms with E-state index in [4.69, 9.17) is 5.11 Å². The molecule has 0 fully saturated rings. The Balaban J connectivity index is 2.75. The first kappa shape index (κ1) is 14.2. The van der Waals surface area contributed by atoms with Gasteiger partial charge in [-0.3, -0.25) is 4.79 Å². The van der Waals surface area contributed by atoms with E-state index in [0.717, 1.165) is 5.56 Å². The van der Waals surface area contributed by atoms with Gasteiger partial charge in [0.2, 0.25) is 0 Å². The molecular weight excluding hydrogens is 230 g/mol. The number of hydrogen-bond acceptors (Lipinski definition) is 3. The third-order valence-corrected chi connectivity index (χ3v) is 2.33. The zero-order chi connectivity index (χ0) is 13.5. The van der Waals surface area contributed by atoms with Crippen LogP contribution in [0.3, 0.4) is 0 Å². The van der Waals surface area contributed by atoms with Crippen molar-refractivity contribution < 1.29 is 15.0 Å². The third kappa shape index (κ3) is 4.21. The zero-order valence-electron chi connectivity index (χ0n) is 10.6. The third-order valence-electron chi connectivity index (χ3n) is 2.33. The summed E-state index contributed by atoms with van der Waals surface area (Å²) in [6.07, 6.45) is -0.548. The van der Waals surface area contributed by atoms with Crippen LogP contribution >= 0.6 is 0 Å². The number of amides is 1. The molecule has 0 radical (unpaired) electrons. The van der Waals surface area contributed by atoms with E-state index in [1.807, 2.05) is 0 Å². The van der Waals surface area contributed by atoms with E-state index in [9.17, 15) is 9.90 Å². The lowest BCUT2D eigenvalue weighted by atomic mass is 10.1. The summed E-state index contributed by atoms with van der Waals surface area (Å²) in [7, 11) is 1.65. The zero-order valence-corrected chi connectivity index (χ0v) is 10.6. The van der Waals surface area contributed by atoms with Crippen molar-refractivity contribution in [1.82, 2.24) is 4.90 Å². The van der Waals surface area contributed by atoms with Crippen molar-refractivity contribution in [2.45, 2.75) is 13.0 Å². The Labute approximate surface area is 107 Å². The summed E-state index contributed by atoms with van der Waals surface area (Å²) in [6, 6.07) is 6.82. The summed E-state index contributed by atoms with van der Waals surface area (Å²) in [6.45, 7) is 1.75. The molecule has 4 nitrogen and oxygen atoms in total. The second-order valence-corrected chi connectivity index (χ2v) is 4.07. The second kappa shape index (κ2) is 6.80. The van der Waals surface area contributed by atoms with E-state index < -0.39 is 6.10 Å². The van der Waals surface area contributed by atoms with Crippen molar-refractivity contribution in [3.8, 4) is 11.8 Å². The van der Waals surface area contributed by atoms with Crippen LogP contribution in [0.4, 0.5) is 0 Å². The van der Waals surface area contributed by atoms with E-state index in [1.54, 1.807) is 38.2 Å². The lowest BCUT2D eigenvalue weighted by molar-refractivity contribution is 0.0703. The van der Waals surface area contributed by atoms with E-state index in [2.05, 4.69) is 11.8 Å². The van der Waals surface area contributed by atoms with Gasteiger partial charge < -0.3 is 15.1 Å². The average Bonchev–Trinajstić information content (AvgIpc) is 2.35. The summed E-state index contributed by atoms with van der Waals surface area (Å²) in [5.74, 6) is 5.16. The molecule has 1 rings (SSSR count). The Kier molecular flexibility index (Phi) is 5.37. The monoisotopic (exact) mass is 247 g/mol. The van der Waals surface area contributed by atoms with Gasteiger partial charge in [-0.1, -0.05) is 11.8 Å². The highest BCUT2D eigenvalue weighted by Gasteiger charge is 2.12. The highest BCUT2D eigenvalue weighted by molar-refractivity contribution is 5.94. The molecule has 4 heteroatoms. The second-order valence-electron chi connectivity index (χ2n) is 4.07.